The number of rotatable bonds is 2. The van der Waals surface area contributed by atoms with Gasteiger partial charge in [0.15, 0.2) is 5.17 Å². The van der Waals surface area contributed by atoms with E-state index in [1.54, 1.807) is 18.2 Å². The van der Waals surface area contributed by atoms with Crippen LogP contribution in [-0.4, -0.2) is 21.5 Å². The Morgan fingerprint density at radius 1 is 1.13 bits per heavy atom. The van der Waals surface area contributed by atoms with Gasteiger partial charge in [-0.15, -0.1) is 0 Å². The number of benzene rings is 2. The van der Waals surface area contributed by atoms with E-state index in [-0.39, 0.29) is 0 Å². The Morgan fingerprint density at radius 2 is 1.77 bits per heavy atom. The van der Waals surface area contributed by atoms with Crippen LogP contribution in [0.15, 0.2) is 52.9 Å². The maximum atomic E-state index is 14.5. The number of aliphatic imine (C=N–C) groups is 1. The molecule has 2 fully saturated rings. The van der Waals surface area contributed by atoms with Gasteiger partial charge in [-0.1, -0.05) is 61.3 Å². The van der Waals surface area contributed by atoms with E-state index in [4.69, 9.17) is 16.6 Å². The normalized spacial score (nSPS) is 19.7. The molecule has 1 saturated heterocycles. The first kappa shape index (κ1) is 21.1. The molecule has 1 saturated carbocycles. The van der Waals surface area contributed by atoms with E-state index < -0.39 is 28.6 Å². The molecule has 0 atom stereocenters. The van der Waals surface area contributed by atoms with E-state index in [0.717, 1.165) is 41.9 Å². The summed E-state index contributed by atoms with van der Waals surface area (Å²) in [7, 11) is 0. The second kappa shape index (κ2) is 8.16. The minimum absolute atomic E-state index is 0.375. The van der Waals surface area contributed by atoms with Crippen LogP contribution >= 0.6 is 23.4 Å². The zero-order chi connectivity index (χ0) is 21.5. The van der Waals surface area contributed by atoms with Gasteiger partial charge >= 0.3 is 0 Å². The van der Waals surface area contributed by atoms with Crippen molar-refractivity contribution in [2.24, 2.45) is 4.99 Å². The topological polar surface area (TPSA) is 32.7 Å². The smallest absolute Gasteiger partial charge is 0.266 e. The predicted octanol–water partition coefficient (Wildman–Crippen LogP) is 7.02. The van der Waals surface area contributed by atoms with E-state index >= 15 is 0 Å². The van der Waals surface area contributed by atoms with Crippen molar-refractivity contribution in [3.8, 4) is 0 Å². The van der Waals surface area contributed by atoms with Crippen molar-refractivity contribution in [1.29, 1.82) is 0 Å². The van der Waals surface area contributed by atoms with E-state index in [2.05, 4.69) is 6.58 Å². The Kier molecular flexibility index (Phi) is 5.73. The van der Waals surface area contributed by atoms with Crippen LogP contribution in [0.2, 0.25) is 5.02 Å². The summed E-state index contributed by atoms with van der Waals surface area (Å²) in [5.74, 6) is -2.49. The first-order chi connectivity index (χ1) is 14.3. The lowest BCUT2D eigenvalue weighted by molar-refractivity contribution is 0.0692. The van der Waals surface area contributed by atoms with Crippen molar-refractivity contribution in [1.82, 2.24) is 4.90 Å². The zero-order valence-electron chi connectivity index (χ0n) is 16.6. The van der Waals surface area contributed by atoms with Crippen LogP contribution in [0.25, 0.3) is 0 Å². The summed E-state index contributed by atoms with van der Waals surface area (Å²) >= 11 is 7.53. The summed E-state index contributed by atoms with van der Waals surface area (Å²) in [4.78, 5) is 20.5. The summed E-state index contributed by atoms with van der Waals surface area (Å²) < 4.78 is 29.0. The molecule has 0 bridgehead atoms. The van der Waals surface area contributed by atoms with Gasteiger partial charge < -0.3 is 0 Å². The molecule has 1 aliphatic heterocycles. The molecule has 2 aromatic rings. The van der Waals surface area contributed by atoms with Crippen molar-refractivity contribution in [2.45, 2.75) is 44.6 Å². The fourth-order valence-electron chi connectivity index (χ4n) is 4.19. The SMILES string of the molecule is C=C1SC(=Nc2cccc(Cl)c2C)N(C(=O)c2c(F)cccc2F)C12CCCCC2. The first-order valence-corrected chi connectivity index (χ1v) is 11.0. The molecule has 0 radical (unpaired) electrons. The highest BCUT2D eigenvalue weighted by Crippen LogP contribution is 2.51. The van der Waals surface area contributed by atoms with Crippen LogP contribution in [0.4, 0.5) is 14.5 Å². The second-order valence-corrected chi connectivity index (χ2v) is 9.10. The zero-order valence-corrected chi connectivity index (χ0v) is 18.1. The minimum atomic E-state index is -0.883. The van der Waals surface area contributed by atoms with Gasteiger partial charge in [0.05, 0.1) is 11.2 Å². The minimum Gasteiger partial charge on any atom is -0.276 e. The highest BCUT2D eigenvalue weighted by Gasteiger charge is 2.52. The van der Waals surface area contributed by atoms with Crippen LogP contribution in [0, 0.1) is 18.6 Å². The molecule has 2 aliphatic rings. The second-order valence-electron chi connectivity index (χ2n) is 7.63. The molecule has 1 heterocycles. The standard InChI is InChI=1S/C23H21ClF2N2OS/c1-14-16(24)8-6-11-19(14)27-22-28(21(29)20-17(25)9-7-10-18(20)26)23(15(2)30-22)12-4-3-5-13-23/h6-11H,2-5,12-13H2,1H3. The van der Waals surface area contributed by atoms with Crippen molar-refractivity contribution in [2.75, 3.05) is 0 Å². The van der Waals surface area contributed by atoms with Crippen molar-refractivity contribution in [3.63, 3.8) is 0 Å². The predicted molar refractivity (Wildman–Crippen MR) is 118 cm³/mol. The third-order valence-corrected chi connectivity index (χ3v) is 7.36. The summed E-state index contributed by atoms with van der Waals surface area (Å²) in [5, 5.41) is 0.934. The van der Waals surface area contributed by atoms with Crippen LogP contribution in [0.5, 0.6) is 0 Å². The van der Waals surface area contributed by atoms with Crippen LogP contribution in [0.1, 0.15) is 48.0 Å². The molecule has 0 aromatic heterocycles. The Labute approximate surface area is 183 Å². The summed E-state index contributed by atoms with van der Waals surface area (Å²) in [5.41, 5.74) is 0.123. The molecule has 1 spiro atoms. The third kappa shape index (κ3) is 3.46. The molecule has 4 rings (SSSR count). The largest absolute Gasteiger partial charge is 0.276 e. The molecule has 2 aromatic carbocycles. The number of hydrogen-bond acceptors (Lipinski definition) is 3. The number of nitrogens with zero attached hydrogens (tertiary/aromatic N) is 2. The number of carbonyl (C=O) groups excluding carboxylic acids is 1. The molecule has 3 nitrogen and oxygen atoms in total. The third-order valence-electron chi connectivity index (χ3n) is 5.87. The van der Waals surface area contributed by atoms with E-state index in [9.17, 15) is 13.6 Å². The Hall–Kier alpha value is -2.18. The molecule has 0 unspecified atom stereocenters. The van der Waals surface area contributed by atoms with Crippen LogP contribution in [0.3, 0.4) is 0 Å². The average Bonchev–Trinajstić information content (AvgIpc) is 2.96. The first-order valence-electron chi connectivity index (χ1n) is 9.85. The van der Waals surface area contributed by atoms with E-state index in [0.29, 0.717) is 28.7 Å². The van der Waals surface area contributed by atoms with Gasteiger partial charge in [-0.3, -0.25) is 9.69 Å². The lowest BCUT2D eigenvalue weighted by atomic mass is 9.80. The number of hydrogen-bond donors (Lipinski definition) is 0. The fraction of sp³-hybridized carbons (Fsp3) is 0.304. The molecular formula is C23H21ClF2N2OS. The Balaban J connectivity index is 1.88. The molecule has 156 valence electrons. The average molecular weight is 447 g/mol. The number of thioether (sulfide) groups is 1. The summed E-state index contributed by atoms with van der Waals surface area (Å²) in [6.45, 7) is 6.05. The Bertz CT molecular complexity index is 1040. The number of carbonyl (C=O) groups is 1. The maximum absolute atomic E-state index is 14.5. The fourth-order valence-corrected chi connectivity index (χ4v) is 5.55. The summed E-state index contributed by atoms with van der Waals surface area (Å²) in [6.07, 6.45) is 4.25. The highest BCUT2D eigenvalue weighted by atomic mass is 35.5. The quantitative estimate of drug-likeness (QED) is 0.496. The molecule has 1 aliphatic carbocycles. The lowest BCUT2D eigenvalue weighted by Crippen LogP contribution is -2.51. The van der Waals surface area contributed by atoms with Crippen LogP contribution in [-0.2, 0) is 0 Å². The lowest BCUT2D eigenvalue weighted by Gasteiger charge is -2.41. The molecule has 7 heteroatoms. The number of halogens is 3. The van der Waals surface area contributed by atoms with Crippen molar-refractivity contribution < 1.29 is 13.6 Å². The Morgan fingerprint density at radius 3 is 2.43 bits per heavy atom. The van der Waals surface area contributed by atoms with Gasteiger partial charge in [0.2, 0.25) is 0 Å². The van der Waals surface area contributed by atoms with Gasteiger partial charge in [-0.05, 0) is 49.6 Å². The number of amides is 1. The van der Waals surface area contributed by atoms with Gasteiger partial charge in [0, 0.05) is 9.93 Å². The van der Waals surface area contributed by atoms with Gasteiger partial charge in [0.25, 0.3) is 5.91 Å². The molecular weight excluding hydrogens is 426 g/mol. The molecule has 1 amide bonds. The van der Waals surface area contributed by atoms with Gasteiger partial charge in [0.1, 0.15) is 17.2 Å². The highest BCUT2D eigenvalue weighted by molar-refractivity contribution is 8.17. The number of amidine groups is 1. The molecule has 0 N–H and O–H groups in total. The van der Waals surface area contributed by atoms with E-state index in [1.807, 2.05) is 6.92 Å². The van der Waals surface area contributed by atoms with Crippen LogP contribution < -0.4 is 0 Å². The summed E-state index contributed by atoms with van der Waals surface area (Å²) in [6, 6.07) is 8.79. The maximum Gasteiger partial charge on any atom is 0.266 e. The van der Waals surface area contributed by atoms with Gasteiger partial charge in [-0.25, -0.2) is 13.8 Å². The van der Waals surface area contributed by atoms with Crippen molar-refractivity contribution >= 4 is 40.1 Å². The van der Waals surface area contributed by atoms with Gasteiger partial charge in [-0.2, -0.15) is 0 Å². The van der Waals surface area contributed by atoms with E-state index in [1.165, 1.54) is 22.7 Å². The van der Waals surface area contributed by atoms with Crippen molar-refractivity contribution in [3.05, 3.63) is 75.7 Å². The molecule has 30 heavy (non-hydrogen) atoms. The monoisotopic (exact) mass is 446 g/mol.